The topological polar surface area (TPSA) is 55.4 Å². The van der Waals surface area contributed by atoms with Gasteiger partial charge in [-0.05, 0) is 18.3 Å². The van der Waals surface area contributed by atoms with Crippen molar-refractivity contribution in [2.45, 2.75) is 59.1 Å². The fourth-order valence-corrected chi connectivity index (χ4v) is 2.10. The minimum Gasteiger partial charge on any atom is -0.446 e. The van der Waals surface area contributed by atoms with E-state index < -0.39 is 12.1 Å². The van der Waals surface area contributed by atoms with Crippen molar-refractivity contribution in [1.82, 2.24) is 5.32 Å². The lowest BCUT2D eigenvalue weighted by atomic mass is 9.83. The van der Waals surface area contributed by atoms with Gasteiger partial charge in [0.05, 0.1) is 6.04 Å². The van der Waals surface area contributed by atoms with Gasteiger partial charge in [0.25, 0.3) is 0 Å². The molecule has 0 saturated heterocycles. The molecule has 1 rings (SSSR count). The Labute approximate surface area is 115 Å². The first-order valence-electron chi connectivity index (χ1n) is 6.90. The monoisotopic (exact) mass is 267 g/mol. The Bertz CT molecular complexity index is 357. The molecular weight excluding hydrogens is 242 g/mol. The molecule has 4 heteroatoms. The molecule has 0 aliphatic heterocycles. The molecule has 3 atom stereocenters. The lowest BCUT2D eigenvalue weighted by Crippen LogP contribution is -2.49. The highest BCUT2D eigenvalue weighted by Crippen LogP contribution is 2.37. The third-order valence-corrected chi connectivity index (χ3v) is 3.38. The summed E-state index contributed by atoms with van der Waals surface area (Å²) >= 11 is 0. The van der Waals surface area contributed by atoms with Crippen molar-refractivity contribution in [3.63, 3.8) is 0 Å². The summed E-state index contributed by atoms with van der Waals surface area (Å²) in [5.41, 5.74) is -0.309. The fraction of sp³-hybridized carbons (Fsp3) is 0.733. The number of allylic oxidation sites excluding steroid dienone is 1. The first-order chi connectivity index (χ1) is 8.79. The number of hydrogen-bond acceptors (Lipinski definition) is 3. The van der Waals surface area contributed by atoms with E-state index >= 15 is 0 Å². The molecule has 0 aromatic carbocycles. The lowest BCUT2D eigenvalue weighted by Gasteiger charge is -2.29. The van der Waals surface area contributed by atoms with Gasteiger partial charge in [0.2, 0.25) is 0 Å². The van der Waals surface area contributed by atoms with Crippen molar-refractivity contribution in [3.05, 3.63) is 12.7 Å². The minimum absolute atomic E-state index is 0.0182. The van der Waals surface area contributed by atoms with Gasteiger partial charge in [-0.3, -0.25) is 4.79 Å². The van der Waals surface area contributed by atoms with Gasteiger partial charge in [-0.1, -0.05) is 33.8 Å². The molecule has 1 amide bonds. The number of ketones is 1. The largest absolute Gasteiger partial charge is 0.446 e. The Balaban J connectivity index is 2.49. The van der Waals surface area contributed by atoms with Gasteiger partial charge >= 0.3 is 6.09 Å². The summed E-state index contributed by atoms with van der Waals surface area (Å²) in [4.78, 5) is 23.7. The summed E-state index contributed by atoms with van der Waals surface area (Å²) in [7, 11) is 0. The number of Topliss-reactive ketones (excluding diaryl/α,β-unsaturated/α-hetero) is 1. The molecule has 0 radical (unpaired) electrons. The van der Waals surface area contributed by atoms with Crippen LogP contribution < -0.4 is 5.32 Å². The summed E-state index contributed by atoms with van der Waals surface area (Å²) in [6, 6.07) is -0.499. The van der Waals surface area contributed by atoms with Gasteiger partial charge in [-0.15, -0.1) is 6.58 Å². The van der Waals surface area contributed by atoms with Crippen LogP contribution in [0.4, 0.5) is 4.79 Å². The first-order valence-corrected chi connectivity index (χ1v) is 6.90. The summed E-state index contributed by atoms with van der Waals surface area (Å²) in [5, 5.41) is 2.71. The van der Waals surface area contributed by atoms with E-state index in [1.807, 2.05) is 26.8 Å². The van der Waals surface area contributed by atoms with E-state index in [0.29, 0.717) is 12.3 Å². The second-order valence-electron chi connectivity index (χ2n) is 6.23. The number of ether oxygens (including phenoxy) is 1. The minimum atomic E-state index is -0.499. The zero-order valence-corrected chi connectivity index (χ0v) is 12.4. The van der Waals surface area contributed by atoms with Gasteiger partial charge in [0, 0.05) is 12.3 Å². The molecule has 0 bridgehead atoms. The molecule has 3 unspecified atom stereocenters. The molecule has 1 N–H and O–H groups in total. The number of rotatable bonds is 6. The van der Waals surface area contributed by atoms with E-state index in [0.717, 1.165) is 12.8 Å². The highest BCUT2D eigenvalue weighted by atomic mass is 16.6. The summed E-state index contributed by atoms with van der Waals surface area (Å²) in [6.07, 6.45) is 3.50. The average molecular weight is 267 g/mol. The second kappa shape index (κ2) is 6.22. The van der Waals surface area contributed by atoms with Crippen LogP contribution in [0, 0.1) is 11.3 Å². The SMILES string of the molecule is C=CCC1CC1OC(=O)NC(C(=O)CC)C(C)(C)C. The number of carbonyl (C=O) groups is 2. The van der Waals surface area contributed by atoms with Gasteiger partial charge in [-0.25, -0.2) is 4.79 Å². The van der Waals surface area contributed by atoms with Crippen LogP contribution in [0.1, 0.15) is 47.0 Å². The van der Waals surface area contributed by atoms with Crippen LogP contribution in [0.15, 0.2) is 12.7 Å². The molecule has 4 nitrogen and oxygen atoms in total. The Morgan fingerprint density at radius 2 is 2.11 bits per heavy atom. The number of alkyl carbamates (subject to hydrolysis) is 1. The molecule has 0 spiro atoms. The molecule has 1 aliphatic carbocycles. The predicted octanol–water partition coefficient (Wildman–Crippen LogP) is 3.07. The quantitative estimate of drug-likeness (QED) is 0.752. The smallest absolute Gasteiger partial charge is 0.408 e. The molecular formula is C15H25NO3. The van der Waals surface area contributed by atoms with Crippen LogP contribution in [0.3, 0.4) is 0 Å². The van der Waals surface area contributed by atoms with E-state index in [4.69, 9.17) is 4.74 Å². The van der Waals surface area contributed by atoms with Crippen LogP contribution in [0.5, 0.6) is 0 Å². The number of carbonyl (C=O) groups excluding carboxylic acids is 2. The van der Waals surface area contributed by atoms with Crippen molar-refractivity contribution in [2.75, 3.05) is 0 Å². The van der Waals surface area contributed by atoms with Crippen molar-refractivity contribution >= 4 is 11.9 Å². The highest BCUT2D eigenvalue weighted by molar-refractivity contribution is 5.87. The van der Waals surface area contributed by atoms with Crippen molar-refractivity contribution < 1.29 is 14.3 Å². The molecule has 108 valence electrons. The molecule has 1 fully saturated rings. The van der Waals surface area contributed by atoms with E-state index in [2.05, 4.69) is 11.9 Å². The first kappa shape index (κ1) is 15.7. The summed E-state index contributed by atoms with van der Waals surface area (Å²) in [6.45, 7) is 11.3. The average Bonchev–Trinajstić information content (AvgIpc) is 3.02. The van der Waals surface area contributed by atoms with Crippen LogP contribution in [0.25, 0.3) is 0 Å². The van der Waals surface area contributed by atoms with Crippen LogP contribution >= 0.6 is 0 Å². The van der Waals surface area contributed by atoms with Gasteiger partial charge in [-0.2, -0.15) is 0 Å². The zero-order valence-electron chi connectivity index (χ0n) is 12.4. The number of amides is 1. The fourth-order valence-electron chi connectivity index (χ4n) is 2.10. The molecule has 0 heterocycles. The number of nitrogens with one attached hydrogen (secondary N) is 1. The van der Waals surface area contributed by atoms with Gasteiger partial charge < -0.3 is 10.1 Å². The predicted molar refractivity (Wildman–Crippen MR) is 74.9 cm³/mol. The Morgan fingerprint density at radius 1 is 1.47 bits per heavy atom. The lowest BCUT2D eigenvalue weighted by molar-refractivity contribution is -0.123. The molecule has 19 heavy (non-hydrogen) atoms. The Kier molecular flexibility index (Phi) is 5.15. The van der Waals surface area contributed by atoms with Crippen LogP contribution in [-0.4, -0.2) is 24.0 Å². The summed E-state index contributed by atoms with van der Waals surface area (Å²) < 4.78 is 5.30. The molecule has 1 aliphatic rings. The maximum Gasteiger partial charge on any atom is 0.408 e. The van der Waals surface area contributed by atoms with E-state index in [-0.39, 0.29) is 17.3 Å². The Morgan fingerprint density at radius 3 is 2.58 bits per heavy atom. The van der Waals surface area contributed by atoms with E-state index in [9.17, 15) is 9.59 Å². The van der Waals surface area contributed by atoms with Crippen LogP contribution in [-0.2, 0) is 9.53 Å². The molecule has 1 saturated carbocycles. The normalized spacial score (nSPS) is 23.4. The number of hydrogen-bond donors (Lipinski definition) is 1. The standard InChI is InChI=1S/C15H25NO3/c1-6-8-10-9-12(10)19-14(18)16-13(11(17)7-2)15(3,4)5/h6,10,12-13H,1,7-9H2,2-5H3,(H,16,18). The zero-order chi connectivity index (χ0) is 14.6. The van der Waals surface area contributed by atoms with E-state index in [1.165, 1.54) is 0 Å². The van der Waals surface area contributed by atoms with Crippen molar-refractivity contribution in [3.8, 4) is 0 Å². The summed E-state index contributed by atoms with van der Waals surface area (Å²) in [5.74, 6) is 0.432. The molecule has 0 aromatic heterocycles. The van der Waals surface area contributed by atoms with Crippen molar-refractivity contribution in [1.29, 1.82) is 0 Å². The van der Waals surface area contributed by atoms with Gasteiger partial charge in [0.15, 0.2) is 5.78 Å². The van der Waals surface area contributed by atoms with Crippen LogP contribution in [0.2, 0.25) is 0 Å². The molecule has 0 aromatic rings. The van der Waals surface area contributed by atoms with Gasteiger partial charge in [0.1, 0.15) is 6.10 Å². The van der Waals surface area contributed by atoms with E-state index in [1.54, 1.807) is 6.92 Å². The maximum atomic E-state index is 11.9. The second-order valence-corrected chi connectivity index (χ2v) is 6.23. The van der Waals surface area contributed by atoms with Crippen molar-refractivity contribution in [2.24, 2.45) is 11.3 Å². The third-order valence-electron chi connectivity index (χ3n) is 3.38. The highest BCUT2D eigenvalue weighted by Gasteiger charge is 2.40. The maximum absolute atomic E-state index is 11.9. The third kappa shape index (κ3) is 4.69. The Hall–Kier alpha value is -1.32.